The summed E-state index contributed by atoms with van der Waals surface area (Å²) < 4.78 is 0. The fraction of sp³-hybridized carbons (Fsp3) is 0.500. The van der Waals surface area contributed by atoms with Gasteiger partial charge in [-0.1, -0.05) is 38.0 Å². The van der Waals surface area contributed by atoms with Gasteiger partial charge in [0.05, 0.1) is 0 Å². The van der Waals surface area contributed by atoms with E-state index in [2.05, 4.69) is 23.7 Å². The third kappa shape index (κ3) is 2.82. The lowest BCUT2D eigenvalue weighted by Gasteiger charge is -2.35. The number of hydrogen-bond donors (Lipinski definition) is 1. The Kier molecular flexibility index (Phi) is 4.00. The molecule has 1 saturated carbocycles. The smallest absolute Gasteiger partial charge is 0.270 e. The number of hydrogen-bond acceptors (Lipinski definition) is 1. The molecule has 1 heterocycles. The second-order valence-electron chi connectivity index (χ2n) is 6.29. The van der Waals surface area contributed by atoms with E-state index in [1.54, 1.807) is 0 Å². The summed E-state index contributed by atoms with van der Waals surface area (Å²) >= 11 is 0. The van der Waals surface area contributed by atoms with Crippen molar-refractivity contribution in [2.45, 2.75) is 45.6 Å². The Morgan fingerprint density at radius 2 is 2.14 bits per heavy atom. The van der Waals surface area contributed by atoms with Crippen molar-refractivity contribution in [3.63, 3.8) is 0 Å². The molecule has 1 aromatic heterocycles. The molecule has 2 aromatic rings. The molecule has 112 valence electrons. The lowest BCUT2D eigenvalue weighted by atomic mass is 9.86. The number of aromatic nitrogens is 1. The summed E-state index contributed by atoms with van der Waals surface area (Å²) in [7, 11) is 0. The van der Waals surface area contributed by atoms with Gasteiger partial charge in [-0.15, -0.1) is 0 Å². The van der Waals surface area contributed by atoms with Gasteiger partial charge in [0.15, 0.2) is 0 Å². The van der Waals surface area contributed by atoms with Gasteiger partial charge in [-0.3, -0.25) is 4.79 Å². The molecule has 3 rings (SSSR count). The molecule has 0 aliphatic heterocycles. The SMILES string of the molecule is CCN(C(=O)c1cc2ccccc2[nH]1)[C@H]1CCC[C@@H](C)C1. The number of amides is 1. The first-order valence-electron chi connectivity index (χ1n) is 8.07. The molecule has 0 saturated heterocycles. The Hall–Kier alpha value is -1.77. The Morgan fingerprint density at radius 1 is 1.33 bits per heavy atom. The minimum Gasteiger partial charge on any atom is -0.351 e. The molecule has 3 nitrogen and oxygen atoms in total. The minimum absolute atomic E-state index is 0.146. The Morgan fingerprint density at radius 3 is 2.86 bits per heavy atom. The molecule has 1 fully saturated rings. The molecule has 0 bridgehead atoms. The van der Waals surface area contributed by atoms with Crippen LogP contribution >= 0.6 is 0 Å². The van der Waals surface area contributed by atoms with Crippen molar-refractivity contribution in [1.82, 2.24) is 9.88 Å². The number of fused-ring (bicyclic) bond motifs is 1. The van der Waals surface area contributed by atoms with Gasteiger partial charge in [-0.2, -0.15) is 0 Å². The topological polar surface area (TPSA) is 36.1 Å². The van der Waals surface area contributed by atoms with Crippen LogP contribution in [0.4, 0.5) is 0 Å². The number of aromatic amines is 1. The summed E-state index contributed by atoms with van der Waals surface area (Å²) in [6, 6.07) is 10.4. The standard InChI is InChI=1S/C18H24N2O/c1-3-20(15-9-6-7-13(2)11-15)18(21)17-12-14-8-4-5-10-16(14)19-17/h4-5,8,10,12-13,15,19H,3,6-7,9,11H2,1-2H3/t13-,15+/m1/s1. The van der Waals surface area contributed by atoms with Gasteiger partial charge in [0.2, 0.25) is 0 Å². The largest absolute Gasteiger partial charge is 0.351 e. The maximum atomic E-state index is 12.8. The first-order chi connectivity index (χ1) is 10.2. The Bertz CT molecular complexity index is 598. The third-order valence-corrected chi connectivity index (χ3v) is 4.71. The normalized spacial score (nSPS) is 22.4. The highest BCUT2D eigenvalue weighted by Crippen LogP contribution is 2.28. The second-order valence-corrected chi connectivity index (χ2v) is 6.29. The van der Waals surface area contributed by atoms with E-state index >= 15 is 0 Å². The van der Waals surface area contributed by atoms with Gasteiger partial charge in [-0.05, 0) is 37.8 Å². The molecule has 1 aromatic carbocycles. The highest BCUT2D eigenvalue weighted by Gasteiger charge is 2.28. The van der Waals surface area contributed by atoms with Crippen LogP contribution in [0.25, 0.3) is 10.9 Å². The summed E-state index contributed by atoms with van der Waals surface area (Å²) in [5, 5.41) is 1.11. The lowest BCUT2D eigenvalue weighted by Crippen LogP contribution is -2.42. The zero-order valence-electron chi connectivity index (χ0n) is 12.9. The van der Waals surface area contributed by atoms with Crippen LogP contribution < -0.4 is 0 Å². The number of benzene rings is 1. The van der Waals surface area contributed by atoms with Crippen LogP contribution in [-0.2, 0) is 0 Å². The molecule has 1 aliphatic rings. The van der Waals surface area contributed by atoms with E-state index < -0.39 is 0 Å². The van der Waals surface area contributed by atoms with E-state index in [0.717, 1.165) is 41.9 Å². The van der Waals surface area contributed by atoms with Crippen LogP contribution in [0.5, 0.6) is 0 Å². The average Bonchev–Trinajstić information content (AvgIpc) is 2.92. The molecule has 21 heavy (non-hydrogen) atoms. The average molecular weight is 284 g/mol. The van der Waals surface area contributed by atoms with Crippen LogP contribution in [0.1, 0.15) is 50.0 Å². The van der Waals surface area contributed by atoms with E-state index in [1.165, 1.54) is 12.8 Å². The number of carbonyl (C=O) groups excluding carboxylic acids is 1. The van der Waals surface area contributed by atoms with Crippen molar-refractivity contribution in [3.8, 4) is 0 Å². The van der Waals surface area contributed by atoms with Gasteiger partial charge in [-0.25, -0.2) is 0 Å². The Balaban J connectivity index is 1.84. The lowest BCUT2D eigenvalue weighted by molar-refractivity contribution is 0.0615. The quantitative estimate of drug-likeness (QED) is 0.900. The molecule has 0 spiro atoms. The molecule has 0 radical (unpaired) electrons. The highest BCUT2D eigenvalue weighted by molar-refractivity contribution is 5.98. The predicted octanol–water partition coefficient (Wildman–Crippen LogP) is 4.21. The molecule has 1 amide bonds. The van der Waals surface area contributed by atoms with Crippen molar-refractivity contribution < 1.29 is 4.79 Å². The van der Waals surface area contributed by atoms with E-state index in [1.807, 2.05) is 30.3 Å². The maximum absolute atomic E-state index is 12.8. The number of para-hydroxylation sites is 1. The zero-order chi connectivity index (χ0) is 14.8. The van der Waals surface area contributed by atoms with Crippen LogP contribution in [-0.4, -0.2) is 28.4 Å². The van der Waals surface area contributed by atoms with Crippen molar-refractivity contribution in [2.75, 3.05) is 6.54 Å². The summed E-state index contributed by atoms with van der Waals surface area (Å²) in [5.41, 5.74) is 1.75. The number of rotatable bonds is 3. The van der Waals surface area contributed by atoms with Gasteiger partial charge in [0.1, 0.15) is 5.69 Å². The zero-order valence-corrected chi connectivity index (χ0v) is 12.9. The number of nitrogens with zero attached hydrogens (tertiary/aromatic N) is 1. The van der Waals surface area contributed by atoms with Crippen molar-refractivity contribution in [3.05, 3.63) is 36.0 Å². The van der Waals surface area contributed by atoms with Crippen LogP contribution in [0.3, 0.4) is 0 Å². The first kappa shape index (κ1) is 14.2. The Labute approximate surface area is 126 Å². The summed E-state index contributed by atoms with van der Waals surface area (Å²) in [6.07, 6.45) is 4.82. The molecular formula is C18H24N2O. The van der Waals surface area contributed by atoms with Crippen LogP contribution in [0.2, 0.25) is 0 Å². The van der Waals surface area contributed by atoms with Crippen LogP contribution in [0.15, 0.2) is 30.3 Å². The van der Waals surface area contributed by atoms with Gasteiger partial charge in [0.25, 0.3) is 5.91 Å². The molecular weight excluding hydrogens is 260 g/mol. The molecule has 2 atom stereocenters. The third-order valence-electron chi connectivity index (χ3n) is 4.71. The van der Waals surface area contributed by atoms with Gasteiger partial charge < -0.3 is 9.88 Å². The molecule has 0 unspecified atom stereocenters. The van der Waals surface area contributed by atoms with Crippen molar-refractivity contribution >= 4 is 16.8 Å². The molecule has 1 N–H and O–H groups in total. The number of H-pyrrole nitrogens is 1. The second kappa shape index (κ2) is 5.92. The van der Waals surface area contributed by atoms with Crippen molar-refractivity contribution in [1.29, 1.82) is 0 Å². The fourth-order valence-electron chi connectivity index (χ4n) is 3.60. The minimum atomic E-state index is 0.146. The summed E-state index contributed by atoms with van der Waals surface area (Å²) in [5.74, 6) is 0.876. The first-order valence-corrected chi connectivity index (χ1v) is 8.07. The predicted molar refractivity (Wildman–Crippen MR) is 86.4 cm³/mol. The number of nitrogens with one attached hydrogen (secondary N) is 1. The van der Waals surface area contributed by atoms with Crippen molar-refractivity contribution in [2.24, 2.45) is 5.92 Å². The van der Waals surface area contributed by atoms with E-state index in [0.29, 0.717) is 6.04 Å². The maximum Gasteiger partial charge on any atom is 0.270 e. The fourth-order valence-corrected chi connectivity index (χ4v) is 3.60. The van der Waals surface area contributed by atoms with Gasteiger partial charge >= 0.3 is 0 Å². The monoisotopic (exact) mass is 284 g/mol. The van der Waals surface area contributed by atoms with E-state index in [-0.39, 0.29) is 5.91 Å². The van der Waals surface area contributed by atoms with E-state index in [9.17, 15) is 4.79 Å². The molecule has 1 aliphatic carbocycles. The summed E-state index contributed by atoms with van der Waals surface area (Å²) in [6.45, 7) is 5.17. The molecule has 3 heteroatoms. The number of carbonyl (C=O) groups is 1. The van der Waals surface area contributed by atoms with Gasteiger partial charge in [0, 0.05) is 23.5 Å². The summed E-state index contributed by atoms with van der Waals surface area (Å²) in [4.78, 5) is 18.2. The van der Waals surface area contributed by atoms with E-state index in [4.69, 9.17) is 0 Å². The highest BCUT2D eigenvalue weighted by atomic mass is 16.2. The van der Waals surface area contributed by atoms with Crippen LogP contribution in [0, 0.1) is 5.92 Å².